The zero-order valence-electron chi connectivity index (χ0n) is 11.7. The van der Waals surface area contributed by atoms with Gasteiger partial charge in [0, 0.05) is 24.8 Å². The number of rotatable bonds is 5. The minimum Gasteiger partial charge on any atom is -0.364 e. The van der Waals surface area contributed by atoms with Crippen LogP contribution in [0.2, 0.25) is 0 Å². The van der Waals surface area contributed by atoms with Crippen LogP contribution < -0.4 is 10.6 Å². The van der Waals surface area contributed by atoms with Gasteiger partial charge in [0.25, 0.3) is 0 Å². The first-order chi connectivity index (χ1) is 10.2. The molecule has 2 aromatic rings. The van der Waals surface area contributed by atoms with E-state index in [0.717, 1.165) is 29.7 Å². The van der Waals surface area contributed by atoms with Gasteiger partial charge in [-0.3, -0.25) is 0 Å². The van der Waals surface area contributed by atoms with E-state index in [9.17, 15) is 8.78 Å². The highest BCUT2D eigenvalue weighted by molar-refractivity contribution is 5.50. The van der Waals surface area contributed by atoms with Gasteiger partial charge in [-0.15, -0.1) is 0 Å². The molecule has 0 aliphatic heterocycles. The highest BCUT2D eigenvalue weighted by Crippen LogP contribution is 2.33. The summed E-state index contributed by atoms with van der Waals surface area (Å²) in [5.74, 6) is -1.59. The number of nitrogens with two attached hydrogens (primary N) is 1. The van der Waals surface area contributed by atoms with E-state index in [1.807, 2.05) is 24.3 Å². The van der Waals surface area contributed by atoms with Crippen LogP contribution in [0, 0.1) is 11.6 Å². The van der Waals surface area contributed by atoms with Gasteiger partial charge in [0.1, 0.15) is 0 Å². The molecule has 110 valence electrons. The normalized spacial score (nSPS) is 14.2. The fourth-order valence-electron chi connectivity index (χ4n) is 2.48. The molecule has 2 aromatic carbocycles. The molecule has 1 aliphatic rings. The second-order valence-corrected chi connectivity index (χ2v) is 5.48. The quantitative estimate of drug-likeness (QED) is 0.911. The molecule has 0 radical (unpaired) electrons. The second-order valence-electron chi connectivity index (χ2n) is 5.48. The van der Waals surface area contributed by atoms with E-state index in [4.69, 9.17) is 5.73 Å². The monoisotopic (exact) mass is 288 g/mol. The summed E-state index contributed by atoms with van der Waals surface area (Å²) >= 11 is 0. The lowest BCUT2D eigenvalue weighted by Gasteiger charge is -2.25. The number of halogens is 2. The summed E-state index contributed by atoms with van der Waals surface area (Å²) in [5.41, 5.74) is 8.58. The molecule has 1 aliphatic carbocycles. The third-order valence-corrected chi connectivity index (χ3v) is 3.83. The van der Waals surface area contributed by atoms with E-state index < -0.39 is 11.6 Å². The summed E-state index contributed by atoms with van der Waals surface area (Å²) in [7, 11) is 0. The fourth-order valence-corrected chi connectivity index (χ4v) is 2.48. The summed E-state index contributed by atoms with van der Waals surface area (Å²) in [5, 5.41) is 0. The number of nitrogens with zero attached hydrogens (tertiary/aromatic N) is 1. The Hall–Kier alpha value is -1.94. The van der Waals surface area contributed by atoms with E-state index in [1.54, 1.807) is 6.07 Å². The lowest BCUT2D eigenvalue weighted by Crippen LogP contribution is -2.25. The molecule has 0 atom stereocenters. The van der Waals surface area contributed by atoms with Gasteiger partial charge in [0.2, 0.25) is 0 Å². The lowest BCUT2D eigenvalue weighted by molar-refractivity contribution is 0.506. The Balaban J connectivity index is 1.82. The molecule has 4 heteroatoms. The fraction of sp³-hybridized carbons (Fsp3) is 0.294. The maximum absolute atomic E-state index is 13.3. The summed E-state index contributed by atoms with van der Waals surface area (Å²) in [4.78, 5) is 2.24. The summed E-state index contributed by atoms with van der Waals surface area (Å²) < 4.78 is 26.4. The van der Waals surface area contributed by atoms with Gasteiger partial charge in [0.05, 0.1) is 0 Å². The van der Waals surface area contributed by atoms with E-state index in [2.05, 4.69) is 4.90 Å². The van der Waals surface area contributed by atoms with Crippen molar-refractivity contribution in [3.63, 3.8) is 0 Å². The maximum atomic E-state index is 13.3. The third kappa shape index (κ3) is 3.22. The Morgan fingerprint density at radius 3 is 2.19 bits per heavy atom. The first kappa shape index (κ1) is 14.0. The van der Waals surface area contributed by atoms with Crippen molar-refractivity contribution in [1.82, 2.24) is 0 Å². The van der Waals surface area contributed by atoms with Crippen LogP contribution in [-0.2, 0) is 13.1 Å². The van der Waals surface area contributed by atoms with Crippen LogP contribution in [0.25, 0.3) is 0 Å². The molecule has 0 amide bonds. The molecule has 0 spiro atoms. The SMILES string of the molecule is NCc1ccc(N(Cc2ccc(F)c(F)c2)C2CC2)cc1. The number of hydrogen-bond donors (Lipinski definition) is 1. The van der Waals surface area contributed by atoms with Crippen LogP contribution >= 0.6 is 0 Å². The van der Waals surface area contributed by atoms with Crippen LogP contribution in [0.3, 0.4) is 0 Å². The average Bonchev–Trinajstić information content (AvgIpc) is 3.33. The predicted octanol–water partition coefficient (Wildman–Crippen LogP) is 3.59. The van der Waals surface area contributed by atoms with Gasteiger partial charge in [-0.2, -0.15) is 0 Å². The number of anilines is 1. The molecule has 1 fully saturated rings. The lowest BCUT2D eigenvalue weighted by atomic mass is 10.1. The van der Waals surface area contributed by atoms with Crippen molar-refractivity contribution in [3.05, 3.63) is 65.2 Å². The summed E-state index contributed by atoms with van der Waals surface area (Å²) in [6, 6.07) is 12.7. The highest BCUT2D eigenvalue weighted by Gasteiger charge is 2.29. The predicted molar refractivity (Wildman–Crippen MR) is 79.9 cm³/mol. The molecule has 3 rings (SSSR count). The van der Waals surface area contributed by atoms with Crippen molar-refractivity contribution in [2.45, 2.75) is 32.0 Å². The Labute approximate surface area is 123 Å². The molecule has 0 aromatic heterocycles. The van der Waals surface area contributed by atoms with Gasteiger partial charge in [-0.05, 0) is 48.2 Å². The van der Waals surface area contributed by atoms with E-state index in [-0.39, 0.29) is 0 Å². The zero-order chi connectivity index (χ0) is 14.8. The Bertz CT molecular complexity index is 621. The van der Waals surface area contributed by atoms with Gasteiger partial charge in [-0.1, -0.05) is 18.2 Å². The first-order valence-corrected chi connectivity index (χ1v) is 7.17. The molecule has 0 heterocycles. The van der Waals surface area contributed by atoms with Crippen LogP contribution in [0.1, 0.15) is 24.0 Å². The number of hydrogen-bond acceptors (Lipinski definition) is 2. The van der Waals surface area contributed by atoms with E-state index >= 15 is 0 Å². The molecule has 1 saturated carbocycles. The molecule has 0 bridgehead atoms. The largest absolute Gasteiger partial charge is 0.364 e. The van der Waals surface area contributed by atoms with Crippen molar-refractivity contribution >= 4 is 5.69 Å². The minimum absolute atomic E-state index is 0.488. The van der Waals surface area contributed by atoms with Crippen LogP contribution in [0.15, 0.2) is 42.5 Å². The van der Waals surface area contributed by atoms with Crippen LogP contribution in [0.4, 0.5) is 14.5 Å². The van der Waals surface area contributed by atoms with Gasteiger partial charge in [-0.25, -0.2) is 8.78 Å². The molecular weight excluding hydrogens is 270 g/mol. The van der Waals surface area contributed by atoms with Crippen molar-refractivity contribution in [3.8, 4) is 0 Å². The van der Waals surface area contributed by atoms with Crippen molar-refractivity contribution in [1.29, 1.82) is 0 Å². The first-order valence-electron chi connectivity index (χ1n) is 7.17. The van der Waals surface area contributed by atoms with Crippen molar-refractivity contribution < 1.29 is 8.78 Å². The Morgan fingerprint density at radius 2 is 1.62 bits per heavy atom. The molecule has 0 saturated heterocycles. The average molecular weight is 288 g/mol. The van der Waals surface area contributed by atoms with Crippen molar-refractivity contribution in [2.75, 3.05) is 4.90 Å². The van der Waals surface area contributed by atoms with E-state index in [1.165, 1.54) is 12.1 Å². The maximum Gasteiger partial charge on any atom is 0.159 e. The smallest absolute Gasteiger partial charge is 0.159 e. The van der Waals surface area contributed by atoms with Crippen LogP contribution in [-0.4, -0.2) is 6.04 Å². The highest BCUT2D eigenvalue weighted by atomic mass is 19.2. The summed E-state index contributed by atoms with van der Waals surface area (Å²) in [6.45, 7) is 1.11. The molecule has 21 heavy (non-hydrogen) atoms. The summed E-state index contributed by atoms with van der Waals surface area (Å²) in [6.07, 6.45) is 2.28. The molecule has 2 N–H and O–H groups in total. The van der Waals surface area contributed by atoms with Gasteiger partial charge >= 0.3 is 0 Å². The molecule has 2 nitrogen and oxygen atoms in total. The zero-order valence-corrected chi connectivity index (χ0v) is 11.7. The van der Waals surface area contributed by atoms with Crippen molar-refractivity contribution in [2.24, 2.45) is 5.73 Å². The van der Waals surface area contributed by atoms with Gasteiger partial charge in [0.15, 0.2) is 11.6 Å². The van der Waals surface area contributed by atoms with Crippen LogP contribution in [0.5, 0.6) is 0 Å². The molecule has 0 unspecified atom stereocenters. The third-order valence-electron chi connectivity index (χ3n) is 3.83. The Kier molecular flexibility index (Phi) is 3.88. The standard InChI is InChI=1S/C17H18F2N2/c18-16-8-3-13(9-17(16)19)11-21(15-6-7-15)14-4-1-12(10-20)2-5-14/h1-5,8-9,15H,6-7,10-11,20H2. The molecular formula is C17H18F2N2. The second kappa shape index (κ2) is 5.82. The van der Waals surface area contributed by atoms with E-state index in [0.29, 0.717) is 19.1 Å². The topological polar surface area (TPSA) is 29.3 Å². The Morgan fingerprint density at radius 1 is 0.952 bits per heavy atom. The number of benzene rings is 2. The minimum atomic E-state index is -0.802. The van der Waals surface area contributed by atoms with Gasteiger partial charge < -0.3 is 10.6 Å².